The molecule has 1 radical (unpaired) electrons. The molecule has 0 aliphatic heterocycles. The van der Waals surface area contributed by atoms with Gasteiger partial charge in [-0.25, -0.2) is 0 Å². The minimum Gasteiger partial charge on any atom is -0.294 e. The number of hydrogen-bond donors (Lipinski definition) is 0. The first-order valence-corrected chi connectivity index (χ1v) is 3.06. The minimum absolute atomic E-state index is 0.0493. The van der Waals surface area contributed by atoms with Gasteiger partial charge in [0.15, 0.2) is 5.78 Å². The zero-order valence-corrected chi connectivity index (χ0v) is 5.73. The third kappa shape index (κ3) is 1.30. The van der Waals surface area contributed by atoms with Gasteiger partial charge in [-0.05, 0) is 6.08 Å². The number of allylic oxidation sites excluding steroid dienone is 4. The molecule has 1 rings (SSSR count). The summed E-state index contributed by atoms with van der Waals surface area (Å²) in [6.07, 6.45) is 6.48. The van der Waals surface area contributed by atoms with E-state index in [-0.39, 0.29) is 5.78 Å². The number of carbonyl (C=O) groups is 1. The maximum atomic E-state index is 10.4. The average molecular weight is 172 g/mol. The quantitative estimate of drug-likeness (QED) is 0.542. The SMILES string of the molecule is O=C1[C]=CC(Br)=CC1. The Morgan fingerprint density at radius 1 is 1.75 bits per heavy atom. The van der Waals surface area contributed by atoms with E-state index in [1.54, 1.807) is 6.08 Å². The summed E-state index contributed by atoms with van der Waals surface area (Å²) in [5.74, 6) is 0.0493. The fraction of sp³-hybridized carbons (Fsp3) is 0.167. The van der Waals surface area contributed by atoms with Crippen molar-refractivity contribution in [2.24, 2.45) is 0 Å². The summed E-state index contributed by atoms with van der Waals surface area (Å²) in [5, 5.41) is 0. The molecular weight excluding hydrogens is 168 g/mol. The number of rotatable bonds is 0. The molecule has 2 heteroatoms. The van der Waals surface area contributed by atoms with Crippen molar-refractivity contribution in [2.45, 2.75) is 6.42 Å². The Morgan fingerprint density at radius 2 is 2.50 bits per heavy atom. The molecule has 41 valence electrons. The molecule has 0 N–H and O–H groups in total. The van der Waals surface area contributed by atoms with Crippen LogP contribution in [0.5, 0.6) is 0 Å². The van der Waals surface area contributed by atoms with E-state index < -0.39 is 0 Å². The van der Waals surface area contributed by atoms with Gasteiger partial charge in [0.25, 0.3) is 0 Å². The molecule has 0 saturated heterocycles. The van der Waals surface area contributed by atoms with Gasteiger partial charge in [-0.2, -0.15) is 0 Å². The highest BCUT2D eigenvalue weighted by molar-refractivity contribution is 9.11. The average Bonchev–Trinajstić information content (AvgIpc) is 1.77. The van der Waals surface area contributed by atoms with E-state index >= 15 is 0 Å². The van der Waals surface area contributed by atoms with Gasteiger partial charge in [0.05, 0.1) is 0 Å². The lowest BCUT2D eigenvalue weighted by atomic mass is 10.2. The molecule has 1 aliphatic carbocycles. The standard InChI is InChI=1S/C6H4BrO/c7-5-1-3-6(8)4-2-5/h1-2H,3H2. The van der Waals surface area contributed by atoms with Crippen molar-refractivity contribution < 1.29 is 4.79 Å². The largest absolute Gasteiger partial charge is 0.294 e. The van der Waals surface area contributed by atoms with Gasteiger partial charge >= 0.3 is 0 Å². The van der Waals surface area contributed by atoms with Crippen LogP contribution in [0.2, 0.25) is 0 Å². The summed E-state index contributed by atoms with van der Waals surface area (Å²) in [6, 6.07) is 0. The molecule has 0 unspecified atom stereocenters. The van der Waals surface area contributed by atoms with Gasteiger partial charge < -0.3 is 0 Å². The fourth-order valence-electron chi connectivity index (χ4n) is 0.457. The van der Waals surface area contributed by atoms with Crippen LogP contribution in [-0.4, -0.2) is 5.78 Å². The number of Topliss-reactive ketones (excluding diaryl/α,β-unsaturated/α-hetero) is 1. The smallest absolute Gasteiger partial charge is 0.167 e. The van der Waals surface area contributed by atoms with Crippen LogP contribution in [0.4, 0.5) is 0 Å². The van der Waals surface area contributed by atoms with Crippen molar-refractivity contribution >= 4 is 21.7 Å². The van der Waals surface area contributed by atoms with Crippen LogP contribution in [0.25, 0.3) is 0 Å². The van der Waals surface area contributed by atoms with E-state index in [4.69, 9.17) is 0 Å². The number of ketones is 1. The van der Waals surface area contributed by atoms with Crippen LogP contribution in [-0.2, 0) is 4.79 Å². The predicted molar refractivity (Wildman–Crippen MR) is 34.4 cm³/mol. The molecule has 0 bridgehead atoms. The molecule has 0 aromatic heterocycles. The minimum atomic E-state index is 0.0493. The lowest BCUT2D eigenvalue weighted by Gasteiger charge is -1.94. The highest BCUT2D eigenvalue weighted by atomic mass is 79.9. The van der Waals surface area contributed by atoms with Crippen molar-refractivity contribution in [3.63, 3.8) is 0 Å². The Balaban J connectivity index is 2.71. The van der Waals surface area contributed by atoms with E-state index in [1.807, 2.05) is 6.08 Å². The van der Waals surface area contributed by atoms with Crippen LogP contribution in [0, 0.1) is 6.08 Å². The number of carbonyl (C=O) groups excluding carboxylic acids is 1. The molecule has 0 saturated carbocycles. The summed E-state index contributed by atoms with van der Waals surface area (Å²) in [5.41, 5.74) is 0. The van der Waals surface area contributed by atoms with Crippen LogP contribution in [0.1, 0.15) is 6.42 Å². The Kier molecular flexibility index (Phi) is 1.63. The molecule has 0 spiro atoms. The second kappa shape index (κ2) is 2.27. The molecular formula is C6H4BrO. The summed E-state index contributed by atoms with van der Waals surface area (Å²) in [6.45, 7) is 0. The highest BCUT2D eigenvalue weighted by Gasteiger charge is 1.99. The second-order valence-electron chi connectivity index (χ2n) is 1.50. The van der Waals surface area contributed by atoms with Crippen molar-refractivity contribution in [1.29, 1.82) is 0 Å². The molecule has 0 heterocycles. The van der Waals surface area contributed by atoms with Crippen molar-refractivity contribution in [2.75, 3.05) is 0 Å². The first kappa shape index (κ1) is 5.76. The third-order valence-electron chi connectivity index (χ3n) is 0.854. The van der Waals surface area contributed by atoms with Crippen molar-refractivity contribution in [3.8, 4) is 0 Å². The second-order valence-corrected chi connectivity index (χ2v) is 2.42. The van der Waals surface area contributed by atoms with Crippen LogP contribution >= 0.6 is 15.9 Å². The maximum Gasteiger partial charge on any atom is 0.167 e. The first-order valence-electron chi connectivity index (χ1n) is 2.27. The highest BCUT2D eigenvalue weighted by Crippen LogP contribution is 2.11. The van der Waals surface area contributed by atoms with Crippen LogP contribution < -0.4 is 0 Å². The summed E-state index contributed by atoms with van der Waals surface area (Å²) >= 11 is 3.21. The molecule has 0 aromatic rings. The van der Waals surface area contributed by atoms with Crippen LogP contribution in [0.3, 0.4) is 0 Å². The van der Waals surface area contributed by atoms with Gasteiger partial charge in [0, 0.05) is 17.0 Å². The Bertz CT molecular complexity index is 165. The zero-order valence-electron chi connectivity index (χ0n) is 4.15. The van der Waals surface area contributed by atoms with E-state index in [0.717, 1.165) is 4.48 Å². The predicted octanol–water partition coefficient (Wildman–Crippen LogP) is 1.60. The monoisotopic (exact) mass is 171 g/mol. The number of hydrogen-bond acceptors (Lipinski definition) is 1. The Labute approximate surface area is 56.2 Å². The summed E-state index contributed by atoms with van der Waals surface area (Å²) in [4.78, 5) is 10.4. The lowest BCUT2D eigenvalue weighted by Crippen LogP contribution is -1.93. The molecule has 8 heavy (non-hydrogen) atoms. The topological polar surface area (TPSA) is 17.1 Å². The molecule has 0 aromatic carbocycles. The molecule has 0 atom stereocenters. The van der Waals surface area contributed by atoms with E-state index in [9.17, 15) is 4.79 Å². The normalized spacial score (nSPS) is 18.6. The van der Waals surface area contributed by atoms with E-state index in [2.05, 4.69) is 22.0 Å². The zero-order chi connectivity index (χ0) is 5.98. The molecule has 1 aliphatic rings. The summed E-state index contributed by atoms with van der Waals surface area (Å²) in [7, 11) is 0. The molecule has 1 nitrogen and oxygen atoms in total. The molecule has 0 amide bonds. The van der Waals surface area contributed by atoms with Gasteiger partial charge in [-0.15, -0.1) is 0 Å². The fourth-order valence-corrected chi connectivity index (χ4v) is 0.734. The number of halogens is 1. The van der Waals surface area contributed by atoms with Gasteiger partial charge in [-0.1, -0.05) is 22.0 Å². The van der Waals surface area contributed by atoms with Gasteiger partial charge in [-0.3, -0.25) is 4.79 Å². The van der Waals surface area contributed by atoms with Crippen LogP contribution in [0.15, 0.2) is 16.6 Å². The van der Waals surface area contributed by atoms with E-state index in [1.165, 1.54) is 0 Å². The van der Waals surface area contributed by atoms with Crippen molar-refractivity contribution in [1.82, 2.24) is 0 Å². The molecule has 0 fully saturated rings. The van der Waals surface area contributed by atoms with Gasteiger partial charge in [0.1, 0.15) is 0 Å². The lowest BCUT2D eigenvalue weighted by molar-refractivity contribution is -0.114. The summed E-state index contributed by atoms with van der Waals surface area (Å²) < 4.78 is 0.942. The Hall–Kier alpha value is -0.370. The van der Waals surface area contributed by atoms with E-state index in [0.29, 0.717) is 6.42 Å². The Morgan fingerprint density at radius 3 is 2.88 bits per heavy atom. The first-order chi connectivity index (χ1) is 3.79. The third-order valence-corrected chi connectivity index (χ3v) is 1.41. The maximum absolute atomic E-state index is 10.4. The van der Waals surface area contributed by atoms with Crippen molar-refractivity contribution in [3.05, 3.63) is 22.7 Å². The van der Waals surface area contributed by atoms with Gasteiger partial charge in [0.2, 0.25) is 0 Å².